The Morgan fingerprint density at radius 1 is 1.45 bits per heavy atom. The number of hydrogen-bond acceptors (Lipinski definition) is 3. The Kier molecular flexibility index (Phi) is 4.73. The maximum atomic E-state index is 12.2. The molecular formula is C14H16ClN3OS. The topological polar surface area (TPSA) is 46.9 Å². The number of halogens is 1. The Labute approximate surface area is 127 Å². The average molecular weight is 310 g/mol. The van der Waals surface area contributed by atoms with Crippen molar-refractivity contribution < 1.29 is 4.79 Å². The van der Waals surface area contributed by atoms with E-state index < -0.39 is 0 Å². The number of carbonyl (C=O) groups excluding carboxylic acids is 1. The van der Waals surface area contributed by atoms with E-state index in [2.05, 4.69) is 10.4 Å². The summed E-state index contributed by atoms with van der Waals surface area (Å²) in [6.45, 7) is 2.35. The van der Waals surface area contributed by atoms with E-state index in [1.165, 1.54) is 0 Å². The molecule has 0 aliphatic carbocycles. The number of benzene rings is 1. The molecule has 2 aromatic rings. The van der Waals surface area contributed by atoms with Crippen LogP contribution in [0, 0.1) is 6.92 Å². The van der Waals surface area contributed by atoms with Gasteiger partial charge in [-0.2, -0.15) is 5.10 Å². The van der Waals surface area contributed by atoms with Crippen LogP contribution in [0.3, 0.4) is 0 Å². The van der Waals surface area contributed by atoms with E-state index >= 15 is 0 Å². The van der Waals surface area contributed by atoms with Crippen molar-refractivity contribution in [3.63, 3.8) is 0 Å². The normalized spacial score (nSPS) is 10.6. The van der Waals surface area contributed by atoms with Crippen molar-refractivity contribution in [2.24, 2.45) is 7.05 Å². The van der Waals surface area contributed by atoms with Gasteiger partial charge in [0.25, 0.3) is 5.91 Å². The molecule has 0 saturated heterocycles. The monoisotopic (exact) mass is 309 g/mol. The third kappa shape index (κ3) is 3.35. The number of aryl methyl sites for hydroxylation is 2. The number of aromatic nitrogens is 2. The van der Waals surface area contributed by atoms with E-state index in [-0.39, 0.29) is 5.91 Å². The van der Waals surface area contributed by atoms with Crippen molar-refractivity contribution in [1.82, 2.24) is 15.1 Å². The minimum atomic E-state index is -0.176. The van der Waals surface area contributed by atoms with Crippen molar-refractivity contribution in [2.75, 3.05) is 6.26 Å². The molecule has 6 heteroatoms. The van der Waals surface area contributed by atoms with Crippen LogP contribution in [-0.2, 0) is 13.6 Å². The molecule has 0 aliphatic heterocycles. The molecule has 0 fully saturated rings. The van der Waals surface area contributed by atoms with Crippen LogP contribution in [0.5, 0.6) is 0 Å². The summed E-state index contributed by atoms with van der Waals surface area (Å²) in [5, 5.41) is 7.57. The zero-order chi connectivity index (χ0) is 14.7. The van der Waals surface area contributed by atoms with Crippen LogP contribution >= 0.6 is 23.4 Å². The standard InChI is InChI=1S/C14H16ClN3OS/c1-9-6-10(18(2)17-9)8-16-14(19)12-7-11(20-3)4-5-13(12)15/h4-7H,8H2,1-3H3,(H,16,19). The van der Waals surface area contributed by atoms with Gasteiger partial charge in [-0.15, -0.1) is 11.8 Å². The Hall–Kier alpha value is -1.46. The molecule has 4 nitrogen and oxygen atoms in total. The summed E-state index contributed by atoms with van der Waals surface area (Å²) in [5.74, 6) is -0.176. The highest BCUT2D eigenvalue weighted by atomic mass is 35.5. The molecule has 1 N–H and O–H groups in total. The number of thioether (sulfide) groups is 1. The molecule has 0 bridgehead atoms. The first-order valence-corrected chi connectivity index (χ1v) is 7.73. The smallest absolute Gasteiger partial charge is 0.253 e. The van der Waals surface area contributed by atoms with Crippen LogP contribution in [0.2, 0.25) is 5.02 Å². The summed E-state index contributed by atoms with van der Waals surface area (Å²) in [7, 11) is 1.86. The molecule has 0 unspecified atom stereocenters. The van der Waals surface area contributed by atoms with Crippen LogP contribution in [0.1, 0.15) is 21.7 Å². The van der Waals surface area contributed by atoms with Crippen molar-refractivity contribution in [3.8, 4) is 0 Å². The first kappa shape index (κ1) is 14.9. The first-order chi connectivity index (χ1) is 9.51. The lowest BCUT2D eigenvalue weighted by atomic mass is 10.2. The highest BCUT2D eigenvalue weighted by Gasteiger charge is 2.12. The molecule has 2 rings (SSSR count). The van der Waals surface area contributed by atoms with Crippen molar-refractivity contribution in [1.29, 1.82) is 0 Å². The van der Waals surface area contributed by atoms with Gasteiger partial charge in [-0.05, 0) is 37.4 Å². The lowest BCUT2D eigenvalue weighted by Crippen LogP contribution is -2.24. The number of nitrogens with one attached hydrogen (secondary N) is 1. The minimum absolute atomic E-state index is 0.176. The summed E-state index contributed by atoms with van der Waals surface area (Å²) >= 11 is 7.65. The quantitative estimate of drug-likeness (QED) is 0.883. The molecule has 1 aromatic carbocycles. The van der Waals surface area contributed by atoms with Crippen LogP contribution in [0.15, 0.2) is 29.2 Å². The van der Waals surface area contributed by atoms with Gasteiger partial charge >= 0.3 is 0 Å². The van der Waals surface area contributed by atoms with Crippen LogP contribution in [0.4, 0.5) is 0 Å². The summed E-state index contributed by atoms with van der Waals surface area (Å²) in [4.78, 5) is 13.2. The largest absolute Gasteiger partial charge is 0.346 e. The van der Waals surface area contributed by atoms with Crippen molar-refractivity contribution in [3.05, 3.63) is 46.2 Å². The lowest BCUT2D eigenvalue weighted by Gasteiger charge is -2.08. The molecule has 20 heavy (non-hydrogen) atoms. The van der Waals surface area contributed by atoms with E-state index in [1.54, 1.807) is 28.6 Å². The predicted octanol–water partition coefficient (Wildman–Crippen LogP) is 3.03. The van der Waals surface area contributed by atoms with Gasteiger partial charge < -0.3 is 5.32 Å². The van der Waals surface area contributed by atoms with Crippen LogP contribution in [-0.4, -0.2) is 21.9 Å². The van der Waals surface area contributed by atoms with Gasteiger partial charge in [-0.3, -0.25) is 9.48 Å². The van der Waals surface area contributed by atoms with Crippen LogP contribution < -0.4 is 5.32 Å². The lowest BCUT2D eigenvalue weighted by molar-refractivity contribution is 0.0950. The van der Waals surface area contributed by atoms with Crippen LogP contribution in [0.25, 0.3) is 0 Å². The Bertz CT molecular complexity index is 639. The molecular weight excluding hydrogens is 294 g/mol. The molecule has 0 radical (unpaired) electrons. The number of rotatable bonds is 4. The molecule has 0 spiro atoms. The van der Waals surface area contributed by atoms with E-state index in [1.807, 2.05) is 32.4 Å². The van der Waals surface area contributed by atoms with Gasteiger partial charge in [0.1, 0.15) is 0 Å². The molecule has 0 atom stereocenters. The molecule has 106 valence electrons. The van der Waals surface area contributed by atoms with Gasteiger partial charge in [0.05, 0.1) is 28.5 Å². The SMILES string of the molecule is CSc1ccc(Cl)c(C(=O)NCc2cc(C)nn2C)c1. The summed E-state index contributed by atoms with van der Waals surface area (Å²) in [6, 6.07) is 7.39. The second kappa shape index (κ2) is 6.33. The Morgan fingerprint density at radius 3 is 2.80 bits per heavy atom. The fraction of sp³-hybridized carbons (Fsp3) is 0.286. The Balaban J connectivity index is 2.10. The second-order valence-electron chi connectivity index (χ2n) is 4.43. The Morgan fingerprint density at radius 2 is 2.20 bits per heavy atom. The molecule has 1 amide bonds. The van der Waals surface area contributed by atoms with Gasteiger partial charge in [-0.1, -0.05) is 11.6 Å². The first-order valence-electron chi connectivity index (χ1n) is 6.12. The third-order valence-corrected chi connectivity index (χ3v) is 4.00. The molecule has 0 saturated carbocycles. The minimum Gasteiger partial charge on any atom is -0.346 e. The highest BCUT2D eigenvalue weighted by molar-refractivity contribution is 7.98. The van der Waals surface area contributed by atoms with Gasteiger partial charge in [0.2, 0.25) is 0 Å². The van der Waals surface area contributed by atoms with E-state index in [4.69, 9.17) is 11.6 Å². The van der Waals surface area contributed by atoms with Crippen molar-refractivity contribution in [2.45, 2.75) is 18.4 Å². The van der Waals surface area contributed by atoms with E-state index in [0.29, 0.717) is 17.1 Å². The van der Waals surface area contributed by atoms with Gasteiger partial charge in [0.15, 0.2) is 0 Å². The van der Waals surface area contributed by atoms with Gasteiger partial charge in [-0.25, -0.2) is 0 Å². The van der Waals surface area contributed by atoms with Gasteiger partial charge in [0, 0.05) is 11.9 Å². The predicted molar refractivity (Wildman–Crippen MR) is 82.3 cm³/mol. The van der Waals surface area contributed by atoms with Crippen molar-refractivity contribution >= 4 is 29.3 Å². The molecule has 0 aliphatic rings. The average Bonchev–Trinajstić information content (AvgIpc) is 2.75. The fourth-order valence-corrected chi connectivity index (χ4v) is 2.54. The van der Waals surface area contributed by atoms with E-state index in [0.717, 1.165) is 16.3 Å². The zero-order valence-electron chi connectivity index (χ0n) is 11.6. The number of carbonyl (C=O) groups is 1. The fourth-order valence-electron chi connectivity index (χ4n) is 1.90. The summed E-state index contributed by atoms with van der Waals surface area (Å²) in [5.41, 5.74) is 2.38. The molecule has 1 aromatic heterocycles. The number of hydrogen-bond donors (Lipinski definition) is 1. The van der Waals surface area contributed by atoms with E-state index in [9.17, 15) is 4.79 Å². The number of amides is 1. The summed E-state index contributed by atoms with van der Waals surface area (Å²) < 4.78 is 1.76. The zero-order valence-corrected chi connectivity index (χ0v) is 13.2. The highest BCUT2D eigenvalue weighted by Crippen LogP contribution is 2.23. The third-order valence-electron chi connectivity index (χ3n) is 2.95. The summed E-state index contributed by atoms with van der Waals surface area (Å²) in [6.07, 6.45) is 1.96. The maximum Gasteiger partial charge on any atom is 0.253 e. The maximum absolute atomic E-state index is 12.2. The molecule has 1 heterocycles. The number of nitrogens with zero attached hydrogens (tertiary/aromatic N) is 2. The second-order valence-corrected chi connectivity index (χ2v) is 5.72.